The van der Waals surface area contributed by atoms with E-state index in [4.69, 9.17) is 25.7 Å². The average Bonchev–Trinajstić information content (AvgIpc) is 3.01. The van der Waals surface area contributed by atoms with Gasteiger partial charge >= 0.3 is 5.97 Å². The Morgan fingerprint density at radius 1 is 1.32 bits per heavy atom. The number of carbonyl (C=O) groups excluding carboxylic acids is 1. The molecule has 0 fully saturated rings. The highest BCUT2D eigenvalue weighted by Gasteiger charge is 2.47. The summed E-state index contributed by atoms with van der Waals surface area (Å²) in [4.78, 5) is 12.7. The molecule has 2 aliphatic carbocycles. The van der Waals surface area contributed by atoms with Crippen molar-refractivity contribution in [3.63, 3.8) is 0 Å². The zero-order valence-electron chi connectivity index (χ0n) is 19.1. The van der Waals surface area contributed by atoms with E-state index in [9.17, 15) is 4.79 Å². The summed E-state index contributed by atoms with van der Waals surface area (Å²) in [6.07, 6.45) is 5.19. The van der Waals surface area contributed by atoms with E-state index in [2.05, 4.69) is 32.9 Å². The van der Waals surface area contributed by atoms with E-state index in [1.807, 2.05) is 6.07 Å². The van der Waals surface area contributed by atoms with E-state index < -0.39 is 0 Å². The normalized spacial score (nSPS) is 29.5. The molecule has 1 heterocycles. The van der Waals surface area contributed by atoms with Gasteiger partial charge in [0, 0.05) is 29.9 Å². The SMILES string of the molecule is COc1ccc2c3c1OC1CC(OC(=O)CC(CN)CC(C)C)C=C(CC(C)(N)C2)C31. The maximum atomic E-state index is 12.7. The van der Waals surface area contributed by atoms with Gasteiger partial charge in [-0.15, -0.1) is 0 Å². The topological polar surface area (TPSA) is 96.8 Å². The van der Waals surface area contributed by atoms with Crippen molar-refractivity contribution >= 4 is 5.97 Å². The first-order valence-electron chi connectivity index (χ1n) is 11.5. The van der Waals surface area contributed by atoms with Gasteiger partial charge < -0.3 is 25.7 Å². The van der Waals surface area contributed by atoms with E-state index in [-0.39, 0.29) is 35.6 Å². The lowest BCUT2D eigenvalue weighted by Gasteiger charge is -2.33. The van der Waals surface area contributed by atoms with Crippen molar-refractivity contribution in [2.24, 2.45) is 23.3 Å². The Balaban J connectivity index is 1.58. The first-order valence-corrected chi connectivity index (χ1v) is 11.5. The lowest BCUT2D eigenvalue weighted by Crippen LogP contribution is -2.40. The standard InChI is InChI=1S/C25H36N2O4/c1-14(2)7-15(13-26)8-21(28)30-18-9-17-12-25(3,27)11-16-5-6-19(29-4)24-23(16)22(17)20(10-18)31-24/h5-6,9,14-15,18,20,22H,7-8,10-13,26-27H2,1-4H3. The van der Waals surface area contributed by atoms with Gasteiger partial charge in [0.2, 0.25) is 0 Å². The van der Waals surface area contributed by atoms with Gasteiger partial charge in [0.1, 0.15) is 12.2 Å². The Kier molecular flexibility index (Phi) is 6.05. The predicted molar refractivity (Wildman–Crippen MR) is 120 cm³/mol. The molecule has 0 saturated heterocycles. The Morgan fingerprint density at radius 2 is 2.10 bits per heavy atom. The number of methoxy groups -OCH3 is 1. The van der Waals surface area contributed by atoms with Gasteiger partial charge in [-0.2, -0.15) is 0 Å². The van der Waals surface area contributed by atoms with Gasteiger partial charge in [0.05, 0.1) is 7.11 Å². The monoisotopic (exact) mass is 428 g/mol. The van der Waals surface area contributed by atoms with Crippen LogP contribution in [-0.2, 0) is 16.0 Å². The highest BCUT2D eigenvalue weighted by Crippen LogP contribution is 2.55. The molecule has 0 bridgehead atoms. The van der Waals surface area contributed by atoms with Crippen molar-refractivity contribution < 1.29 is 19.0 Å². The summed E-state index contributed by atoms with van der Waals surface area (Å²) < 4.78 is 17.9. The number of rotatable bonds is 7. The van der Waals surface area contributed by atoms with Crippen molar-refractivity contribution in [1.82, 2.24) is 0 Å². The van der Waals surface area contributed by atoms with Crippen LogP contribution in [0.4, 0.5) is 0 Å². The molecule has 5 unspecified atom stereocenters. The molecule has 0 aromatic heterocycles. The van der Waals surface area contributed by atoms with Gasteiger partial charge in [-0.25, -0.2) is 0 Å². The fraction of sp³-hybridized carbons (Fsp3) is 0.640. The molecule has 5 atom stereocenters. The smallest absolute Gasteiger partial charge is 0.306 e. The van der Waals surface area contributed by atoms with Gasteiger partial charge in [-0.1, -0.05) is 25.5 Å². The van der Waals surface area contributed by atoms with E-state index in [0.717, 1.165) is 30.8 Å². The lowest BCUT2D eigenvalue weighted by atomic mass is 9.78. The summed E-state index contributed by atoms with van der Waals surface area (Å²) in [6, 6.07) is 4.08. The van der Waals surface area contributed by atoms with E-state index in [0.29, 0.717) is 25.3 Å². The second-order valence-electron chi connectivity index (χ2n) is 10.3. The van der Waals surface area contributed by atoms with Crippen LogP contribution >= 0.6 is 0 Å². The minimum atomic E-state index is -0.364. The molecule has 31 heavy (non-hydrogen) atoms. The lowest BCUT2D eigenvalue weighted by molar-refractivity contribution is -0.149. The second-order valence-corrected chi connectivity index (χ2v) is 10.3. The minimum Gasteiger partial charge on any atom is -0.493 e. The van der Waals surface area contributed by atoms with Crippen LogP contribution in [0, 0.1) is 11.8 Å². The first-order chi connectivity index (χ1) is 14.7. The molecule has 6 nitrogen and oxygen atoms in total. The van der Waals surface area contributed by atoms with Gasteiger partial charge in [-0.3, -0.25) is 4.79 Å². The van der Waals surface area contributed by atoms with E-state index in [1.54, 1.807) is 7.11 Å². The Labute approximate surface area is 185 Å². The molecule has 0 amide bonds. The van der Waals surface area contributed by atoms with Crippen LogP contribution in [-0.4, -0.2) is 37.4 Å². The molecule has 4 N–H and O–H groups in total. The predicted octanol–water partition coefficient (Wildman–Crippen LogP) is 3.46. The van der Waals surface area contributed by atoms with E-state index >= 15 is 0 Å². The number of nitrogens with two attached hydrogens (primary N) is 2. The fourth-order valence-electron chi connectivity index (χ4n) is 5.65. The van der Waals surface area contributed by atoms with Gasteiger partial charge in [0.25, 0.3) is 0 Å². The molecule has 4 rings (SSSR count). The van der Waals surface area contributed by atoms with Crippen LogP contribution in [0.15, 0.2) is 23.8 Å². The van der Waals surface area contributed by atoms with Crippen LogP contribution in [0.2, 0.25) is 0 Å². The zero-order chi connectivity index (χ0) is 22.3. The van der Waals surface area contributed by atoms with Crippen LogP contribution < -0.4 is 20.9 Å². The molecule has 170 valence electrons. The van der Waals surface area contributed by atoms with Crippen LogP contribution in [0.5, 0.6) is 11.5 Å². The molecular weight excluding hydrogens is 392 g/mol. The molecule has 1 aromatic rings. The van der Waals surface area contributed by atoms with Gasteiger partial charge in [-0.05, 0) is 62.3 Å². The Bertz CT molecular complexity index is 877. The third kappa shape index (κ3) is 4.46. The van der Waals surface area contributed by atoms with Crippen molar-refractivity contribution in [2.75, 3.05) is 13.7 Å². The number of esters is 1. The highest BCUT2D eigenvalue weighted by atomic mass is 16.6. The highest BCUT2D eigenvalue weighted by molar-refractivity contribution is 5.70. The van der Waals surface area contributed by atoms with Crippen molar-refractivity contribution in [3.8, 4) is 11.5 Å². The summed E-state index contributed by atoms with van der Waals surface area (Å²) in [7, 11) is 1.67. The summed E-state index contributed by atoms with van der Waals surface area (Å²) in [6.45, 7) is 6.88. The number of hydrogen-bond donors (Lipinski definition) is 2. The maximum Gasteiger partial charge on any atom is 0.306 e. The van der Waals surface area contributed by atoms with Crippen molar-refractivity contribution in [2.45, 2.75) is 76.5 Å². The number of hydrogen-bond acceptors (Lipinski definition) is 6. The minimum absolute atomic E-state index is 0.0716. The maximum absolute atomic E-state index is 12.7. The quantitative estimate of drug-likeness (QED) is 0.510. The van der Waals surface area contributed by atoms with Crippen LogP contribution in [0.25, 0.3) is 0 Å². The molecule has 1 aliphatic heterocycles. The number of benzene rings is 1. The van der Waals surface area contributed by atoms with E-state index in [1.165, 1.54) is 16.7 Å². The summed E-state index contributed by atoms with van der Waals surface area (Å²) in [5, 5.41) is 0. The summed E-state index contributed by atoms with van der Waals surface area (Å²) in [5.41, 5.74) is 15.8. The molecule has 0 saturated carbocycles. The zero-order valence-corrected chi connectivity index (χ0v) is 19.1. The molecular formula is C25H36N2O4. The Morgan fingerprint density at radius 3 is 2.77 bits per heavy atom. The summed E-state index contributed by atoms with van der Waals surface area (Å²) >= 11 is 0. The van der Waals surface area contributed by atoms with Crippen molar-refractivity contribution in [1.29, 1.82) is 0 Å². The van der Waals surface area contributed by atoms with Crippen LogP contribution in [0.3, 0.4) is 0 Å². The number of carbonyl (C=O) groups is 1. The molecule has 3 aliphatic rings. The second kappa shape index (κ2) is 8.47. The van der Waals surface area contributed by atoms with Crippen LogP contribution in [0.1, 0.15) is 63.5 Å². The number of ether oxygens (including phenoxy) is 3. The first kappa shape index (κ1) is 22.2. The van der Waals surface area contributed by atoms with Gasteiger partial charge in [0.15, 0.2) is 11.5 Å². The largest absolute Gasteiger partial charge is 0.493 e. The van der Waals surface area contributed by atoms with Crippen molar-refractivity contribution in [3.05, 3.63) is 34.9 Å². The molecule has 0 spiro atoms. The third-order valence-electron chi connectivity index (χ3n) is 6.76. The third-order valence-corrected chi connectivity index (χ3v) is 6.76. The average molecular weight is 429 g/mol. The Hall–Kier alpha value is -2.05. The summed E-state index contributed by atoms with van der Waals surface area (Å²) in [5.74, 6) is 2.20. The molecule has 6 heteroatoms. The fourth-order valence-corrected chi connectivity index (χ4v) is 5.65. The molecule has 0 radical (unpaired) electrons. The molecule has 1 aromatic carbocycles.